The number of H-pyrrole nitrogens is 1. The highest BCUT2D eigenvalue weighted by Crippen LogP contribution is 2.35. The number of aromatic nitrogens is 3. The standard InChI is InChI=1S/C19H21ClN4O3S/c1-11-12(2)23-24-19(11)22-16-3-6-21-17-10-15(20)18(9-14(16)17)28(25,26)13-4-7-27-8-5-13/h3,6,9-10,13H,4-5,7-8H2,1-2H3,(H2,21,22,23,24). The molecule has 7 nitrogen and oxygen atoms in total. The van der Waals surface area contributed by atoms with Crippen molar-refractivity contribution < 1.29 is 13.2 Å². The number of pyridine rings is 1. The monoisotopic (exact) mass is 420 g/mol. The summed E-state index contributed by atoms with van der Waals surface area (Å²) in [7, 11) is -3.57. The fourth-order valence-corrected chi connectivity index (χ4v) is 5.64. The lowest BCUT2D eigenvalue weighted by Gasteiger charge is -2.23. The summed E-state index contributed by atoms with van der Waals surface area (Å²) in [5, 5.41) is 10.9. The first-order valence-corrected chi connectivity index (χ1v) is 11.0. The molecule has 1 aromatic carbocycles. The Morgan fingerprint density at radius 2 is 2.00 bits per heavy atom. The van der Waals surface area contributed by atoms with Crippen LogP contribution in [0.4, 0.5) is 11.5 Å². The number of rotatable bonds is 4. The molecule has 1 aliphatic rings. The van der Waals surface area contributed by atoms with Crippen LogP contribution in [0.1, 0.15) is 24.1 Å². The predicted octanol–water partition coefficient (Wildman–Crippen LogP) is 3.92. The molecule has 148 valence electrons. The molecule has 2 aromatic heterocycles. The molecule has 0 bridgehead atoms. The number of aryl methyl sites for hydroxylation is 1. The molecule has 9 heteroatoms. The molecule has 0 spiro atoms. The number of anilines is 2. The maximum Gasteiger partial charge on any atom is 0.182 e. The molecule has 3 aromatic rings. The van der Waals surface area contributed by atoms with E-state index in [1.807, 2.05) is 13.8 Å². The zero-order valence-electron chi connectivity index (χ0n) is 15.6. The van der Waals surface area contributed by atoms with Gasteiger partial charge in [0.2, 0.25) is 0 Å². The molecule has 0 radical (unpaired) electrons. The van der Waals surface area contributed by atoms with E-state index in [0.717, 1.165) is 16.9 Å². The van der Waals surface area contributed by atoms with Gasteiger partial charge in [0.25, 0.3) is 0 Å². The maximum atomic E-state index is 13.2. The van der Waals surface area contributed by atoms with Crippen LogP contribution < -0.4 is 5.32 Å². The molecule has 0 amide bonds. The summed E-state index contributed by atoms with van der Waals surface area (Å²) in [6.45, 7) is 4.79. The van der Waals surface area contributed by atoms with Crippen LogP contribution in [0.2, 0.25) is 5.02 Å². The Morgan fingerprint density at radius 1 is 1.25 bits per heavy atom. The fraction of sp³-hybridized carbons (Fsp3) is 0.368. The highest BCUT2D eigenvalue weighted by atomic mass is 35.5. The number of halogens is 1. The molecule has 4 rings (SSSR count). The van der Waals surface area contributed by atoms with E-state index < -0.39 is 15.1 Å². The highest BCUT2D eigenvalue weighted by Gasteiger charge is 2.31. The first-order valence-electron chi connectivity index (χ1n) is 9.06. The van der Waals surface area contributed by atoms with Crippen molar-refractivity contribution in [3.63, 3.8) is 0 Å². The Morgan fingerprint density at radius 3 is 2.68 bits per heavy atom. The molecule has 2 N–H and O–H groups in total. The van der Waals surface area contributed by atoms with Crippen LogP contribution in [0.5, 0.6) is 0 Å². The number of nitrogens with zero attached hydrogens (tertiary/aromatic N) is 2. The van der Waals surface area contributed by atoms with Gasteiger partial charge in [0.05, 0.1) is 26.4 Å². The van der Waals surface area contributed by atoms with Gasteiger partial charge in [-0.05, 0) is 44.9 Å². The number of ether oxygens (including phenoxy) is 1. The average Bonchev–Trinajstić information content (AvgIpc) is 3.00. The van der Waals surface area contributed by atoms with Crippen LogP contribution in [0.25, 0.3) is 10.9 Å². The van der Waals surface area contributed by atoms with Gasteiger partial charge in [-0.15, -0.1) is 0 Å². The Kier molecular flexibility index (Phi) is 5.03. The Bertz CT molecular complexity index is 1140. The number of fused-ring (bicyclic) bond motifs is 1. The van der Waals surface area contributed by atoms with Crippen LogP contribution in [-0.2, 0) is 14.6 Å². The minimum Gasteiger partial charge on any atom is -0.381 e. The van der Waals surface area contributed by atoms with Gasteiger partial charge >= 0.3 is 0 Å². The van der Waals surface area contributed by atoms with Crippen LogP contribution in [0.15, 0.2) is 29.3 Å². The number of sulfone groups is 1. The lowest BCUT2D eigenvalue weighted by molar-refractivity contribution is 0.0983. The van der Waals surface area contributed by atoms with Crippen molar-refractivity contribution in [2.45, 2.75) is 36.8 Å². The van der Waals surface area contributed by atoms with E-state index in [1.54, 1.807) is 24.4 Å². The molecule has 3 heterocycles. The maximum absolute atomic E-state index is 13.2. The molecule has 1 fully saturated rings. The summed E-state index contributed by atoms with van der Waals surface area (Å²) in [5.41, 5.74) is 3.30. The van der Waals surface area contributed by atoms with Crippen molar-refractivity contribution in [1.29, 1.82) is 0 Å². The first kappa shape index (κ1) is 19.2. The lowest BCUT2D eigenvalue weighted by Crippen LogP contribution is -2.29. The third kappa shape index (κ3) is 3.36. The van der Waals surface area contributed by atoms with Gasteiger partial charge in [0, 0.05) is 36.1 Å². The zero-order valence-corrected chi connectivity index (χ0v) is 17.2. The second-order valence-electron chi connectivity index (χ2n) is 6.96. The van der Waals surface area contributed by atoms with E-state index in [4.69, 9.17) is 16.3 Å². The molecular formula is C19H21ClN4O3S. The molecule has 0 unspecified atom stereocenters. The van der Waals surface area contributed by atoms with E-state index in [9.17, 15) is 8.42 Å². The van der Waals surface area contributed by atoms with Crippen molar-refractivity contribution in [2.75, 3.05) is 18.5 Å². The highest BCUT2D eigenvalue weighted by molar-refractivity contribution is 7.92. The van der Waals surface area contributed by atoms with Crippen molar-refractivity contribution in [2.24, 2.45) is 0 Å². The third-order valence-corrected chi connectivity index (χ3v) is 7.94. The summed E-state index contributed by atoms with van der Waals surface area (Å²) < 4.78 is 31.7. The molecule has 1 aliphatic heterocycles. The number of aromatic amines is 1. The summed E-state index contributed by atoms with van der Waals surface area (Å²) in [6, 6.07) is 5.02. The van der Waals surface area contributed by atoms with Gasteiger partial charge in [0.1, 0.15) is 0 Å². The molecule has 0 saturated carbocycles. The van der Waals surface area contributed by atoms with Crippen LogP contribution in [0.3, 0.4) is 0 Å². The van der Waals surface area contributed by atoms with Gasteiger partial charge in [-0.1, -0.05) is 11.6 Å². The molecular weight excluding hydrogens is 400 g/mol. The Hall–Kier alpha value is -2.16. The van der Waals surface area contributed by atoms with Crippen LogP contribution in [-0.4, -0.2) is 42.1 Å². The van der Waals surface area contributed by atoms with Gasteiger partial charge in [-0.3, -0.25) is 10.1 Å². The summed E-state index contributed by atoms with van der Waals surface area (Å²) >= 11 is 6.36. The van der Waals surface area contributed by atoms with E-state index in [-0.39, 0.29) is 9.92 Å². The third-order valence-electron chi connectivity index (χ3n) is 5.22. The summed E-state index contributed by atoms with van der Waals surface area (Å²) in [4.78, 5) is 4.48. The second-order valence-corrected chi connectivity index (χ2v) is 9.57. The largest absolute Gasteiger partial charge is 0.381 e. The Labute approximate surface area is 168 Å². The van der Waals surface area contributed by atoms with E-state index in [1.165, 1.54) is 0 Å². The first-order chi connectivity index (χ1) is 13.4. The van der Waals surface area contributed by atoms with E-state index in [0.29, 0.717) is 42.8 Å². The van der Waals surface area contributed by atoms with Crippen LogP contribution >= 0.6 is 11.6 Å². The second kappa shape index (κ2) is 7.35. The number of benzene rings is 1. The van der Waals surface area contributed by atoms with Crippen molar-refractivity contribution >= 4 is 43.8 Å². The van der Waals surface area contributed by atoms with Gasteiger partial charge in [0.15, 0.2) is 15.7 Å². The quantitative estimate of drug-likeness (QED) is 0.663. The van der Waals surface area contributed by atoms with Gasteiger partial charge < -0.3 is 10.1 Å². The topological polar surface area (TPSA) is 97.0 Å². The minimum absolute atomic E-state index is 0.138. The van der Waals surface area contributed by atoms with E-state index >= 15 is 0 Å². The Balaban J connectivity index is 1.81. The SMILES string of the molecule is Cc1[nH]nc(Nc2ccnc3cc(Cl)c(S(=O)(=O)C4CCOCC4)cc23)c1C. The summed E-state index contributed by atoms with van der Waals surface area (Å²) in [6.07, 6.45) is 2.60. The molecule has 28 heavy (non-hydrogen) atoms. The number of hydrogen-bond donors (Lipinski definition) is 2. The minimum atomic E-state index is -3.57. The molecule has 1 saturated heterocycles. The molecule has 0 atom stereocenters. The van der Waals surface area contributed by atoms with Crippen LogP contribution in [0, 0.1) is 13.8 Å². The summed E-state index contributed by atoms with van der Waals surface area (Å²) in [5.74, 6) is 0.689. The average molecular weight is 421 g/mol. The predicted molar refractivity (Wildman–Crippen MR) is 109 cm³/mol. The van der Waals surface area contributed by atoms with Crippen molar-refractivity contribution in [3.05, 3.63) is 40.7 Å². The van der Waals surface area contributed by atoms with Gasteiger partial charge in [-0.25, -0.2) is 8.42 Å². The van der Waals surface area contributed by atoms with E-state index in [2.05, 4.69) is 20.5 Å². The number of hydrogen-bond acceptors (Lipinski definition) is 6. The van der Waals surface area contributed by atoms with Crippen molar-refractivity contribution in [1.82, 2.24) is 15.2 Å². The number of nitrogens with one attached hydrogen (secondary N) is 2. The fourth-order valence-electron chi connectivity index (χ4n) is 3.37. The van der Waals surface area contributed by atoms with Crippen molar-refractivity contribution in [3.8, 4) is 0 Å². The normalized spacial score (nSPS) is 15.8. The smallest absolute Gasteiger partial charge is 0.182 e. The molecule has 0 aliphatic carbocycles. The lowest BCUT2D eigenvalue weighted by atomic mass is 10.2. The van der Waals surface area contributed by atoms with Gasteiger partial charge in [-0.2, -0.15) is 5.10 Å². The zero-order chi connectivity index (χ0) is 19.9.